The summed E-state index contributed by atoms with van der Waals surface area (Å²) in [6, 6.07) is 25.1. The first-order chi connectivity index (χ1) is 35.1. The third-order valence-corrected chi connectivity index (χ3v) is 9.18. The first-order valence-electron chi connectivity index (χ1n) is 22.3. The van der Waals surface area contributed by atoms with Gasteiger partial charge in [0.25, 0.3) is 0 Å². The summed E-state index contributed by atoms with van der Waals surface area (Å²) in [5.74, 6) is -4.91. The third-order valence-electron chi connectivity index (χ3n) is 9.18. The minimum atomic E-state index is -0.962. The van der Waals surface area contributed by atoms with Crippen LogP contribution in [0.5, 0.6) is 40.2 Å². The largest absolute Gasteiger partial charge is 0.508 e. The average molecular weight is 1010 g/mol. The Kier molecular flexibility index (Phi) is 26.2. The van der Waals surface area contributed by atoms with E-state index in [9.17, 15) is 37.5 Å². The number of halogens is 2. The molecule has 386 valence electrons. The summed E-state index contributed by atoms with van der Waals surface area (Å²) in [7, 11) is 0. The van der Waals surface area contributed by atoms with Crippen LogP contribution in [0.3, 0.4) is 0 Å². The maximum absolute atomic E-state index is 14.7. The molecule has 73 heavy (non-hydrogen) atoms. The first kappa shape index (κ1) is 58.3. The number of esters is 5. The van der Waals surface area contributed by atoms with Gasteiger partial charge >= 0.3 is 35.8 Å². The Morgan fingerprint density at radius 2 is 0.808 bits per heavy atom. The van der Waals surface area contributed by atoms with Crippen LogP contribution in [0.4, 0.5) is 8.78 Å². The van der Waals surface area contributed by atoms with E-state index in [1.54, 1.807) is 36.4 Å². The Hall–Kier alpha value is -9.00. The molecular formula is C54H54F2O17. The van der Waals surface area contributed by atoms with E-state index in [0.717, 1.165) is 42.8 Å². The number of benzene rings is 5. The van der Waals surface area contributed by atoms with E-state index in [0.29, 0.717) is 75.8 Å². The van der Waals surface area contributed by atoms with Crippen molar-refractivity contribution in [1.29, 1.82) is 0 Å². The molecule has 0 radical (unpaired) electrons. The van der Waals surface area contributed by atoms with E-state index in [4.69, 9.17) is 53.2 Å². The summed E-state index contributed by atoms with van der Waals surface area (Å²) in [5, 5.41) is 25.9. The Morgan fingerprint density at radius 3 is 1.16 bits per heavy atom. The molecule has 0 spiro atoms. The molecule has 0 heterocycles. The molecule has 5 aromatic carbocycles. The molecule has 0 unspecified atom stereocenters. The second kappa shape index (κ2) is 32.7. The van der Waals surface area contributed by atoms with Crippen LogP contribution < -0.4 is 23.7 Å². The molecule has 0 aliphatic rings. The third kappa shape index (κ3) is 23.4. The van der Waals surface area contributed by atoms with Crippen molar-refractivity contribution < 1.29 is 90.8 Å². The van der Waals surface area contributed by atoms with Crippen molar-refractivity contribution in [3.8, 4) is 40.2 Å². The zero-order valence-corrected chi connectivity index (χ0v) is 39.5. The van der Waals surface area contributed by atoms with Gasteiger partial charge in [0.1, 0.15) is 28.7 Å². The Balaban J connectivity index is 0.000000407. The van der Waals surface area contributed by atoms with Crippen LogP contribution in [0.2, 0.25) is 0 Å². The van der Waals surface area contributed by atoms with Gasteiger partial charge in [0, 0.05) is 30.4 Å². The number of carboxylic acid groups (broad SMARTS) is 1. The molecule has 0 bridgehead atoms. The lowest BCUT2D eigenvalue weighted by atomic mass is 10.2. The van der Waals surface area contributed by atoms with Crippen LogP contribution in [0, 0.1) is 11.6 Å². The topological polar surface area (TPSA) is 237 Å². The molecule has 0 aliphatic heterocycles. The molecule has 0 amide bonds. The molecule has 17 nitrogen and oxygen atoms in total. The van der Waals surface area contributed by atoms with Crippen LogP contribution in [-0.4, -0.2) is 90.8 Å². The fourth-order valence-corrected chi connectivity index (χ4v) is 5.39. The number of ether oxygens (including phenoxy) is 8. The lowest BCUT2D eigenvalue weighted by molar-refractivity contribution is -0.138. The lowest BCUT2D eigenvalue weighted by Crippen LogP contribution is -2.11. The minimum Gasteiger partial charge on any atom is -0.508 e. The second-order valence-corrected chi connectivity index (χ2v) is 14.7. The van der Waals surface area contributed by atoms with Crippen LogP contribution in [0.15, 0.2) is 147 Å². The maximum atomic E-state index is 14.7. The Morgan fingerprint density at radius 1 is 0.438 bits per heavy atom. The monoisotopic (exact) mass is 1010 g/mol. The van der Waals surface area contributed by atoms with Crippen molar-refractivity contribution in [3.05, 3.63) is 175 Å². The van der Waals surface area contributed by atoms with Crippen molar-refractivity contribution in [2.45, 2.75) is 38.5 Å². The summed E-state index contributed by atoms with van der Waals surface area (Å²) in [6.45, 7) is 12.1. The number of carbonyl (C=O) groups is 6. The first-order valence-corrected chi connectivity index (χ1v) is 22.3. The summed E-state index contributed by atoms with van der Waals surface area (Å²) in [4.78, 5) is 68.4. The number of carbonyl (C=O) groups excluding carboxylic acids is 5. The molecule has 0 aliphatic carbocycles. The van der Waals surface area contributed by atoms with Gasteiger partial charge in [-0.3, -0.25) is 0 Å². The zero-order chi connectivity index (χ0) is 53.4. The number of aromatic carboxylic acids is 1. The van der Waals surface area contributed by atoms with Gasteiger partial charge in [-0.05, 0) is 136 Å². The van der Waals surface area contributed by atoms with Gasteiger partial charge in [-0.2, -0.15) is 0 Å². The fraction of sp³-hybridized carbons (Fsp3) is 0.222. The normalized spacial score (nSPS) is 10.0. The van der Waals surface area contributed by atoms with Gasteiger partial charge in [-0.15, -0.1) is 0 Å². The highest BCUT2D eigenvalue weighted by atomic mass is 19.1. The van der Waals surface area contributed by atoms with Gasteiger partial charge in [-0.1, -0.05) is 19.7 Å². The highest BCUT2D eigenvalue weighted by Crippen LogP contribution is 2.26. The highest BCUT2D eigenvalue weighted by Gasteiger charge is 2.16. The van der Waals surface area contributed by atoms with Crippen LogP contribution in [0.25, 0.3) is 0 Å². The van der Waals surface area contributed by atoms with Crippen LogP contribution in [0.1, 0.15) is 69.6 Å². The molecular weight excluding hydrogens is 959 g/mol. The molecule has 3 N–H and O–H groups in total. The van der Waals surface area contributed by atoms with Gasteiger partial charge < -0.3 is 53.2 Å². The van der Waals surface area contributed by atoms with E-state index in [1.807, 2.05) is 0 Å². The van der Waals surface area contributed by atoms with Crippen molar-refractivity contribution in [1.82, 2.24) is 0 Å². The van der Waals surface area contributed by atoms with Crippen molar-refractivity contribution in [2.75, 3.05) is 39.6 Å². The minimum absolute atomic E-state index is 0.0739. The highest BCUT2D eigenvalue weighted by molar-refractivity contribution is 5.92. The van der Waals surface area contributed by atoms with E-state index in [-0.39, 0.29) is 47.2 Å². The van der Waals surface area contributed by atoms with Gasteiger partial charge in [0.2, 0.25) is 0 Å². The number of aromatic hydroxyl groups is 2. The summed E-state index contributed by atoms with van der Waals surface area (Å²) in [6.07, 6.45) is 7.33. The van der Waals surface area contributed by atoms with Crippen molar-refractivity contribution in [3.63, 3.8) is 0 Å². The molecule has 5 rings (SSSR count). The molecule has 0 saturated carbocycles. The Labute approximate surface area is 419 Å². The van der Waals surface area contributed by atoms with Gasteiger partial charge in [0.05, 0.1) is 56.3 Å². The van der Waals surface area contributed by atoms with E-state index >= 15 is 0 Å². The molecule has 19 heteroatoms. The van der Waals surface area contributed by atoms with Crippen LogP contribution in [-0.2, 0) is 28.6 Å². The molecule has 0 atom stereocenters. The predicted octanol–water partition coefficient (Wildman–Crippen LogP) is 9.55. The second-order valence-electron chi connectivity index (χ2n) is 14.7. The van der Waals surface area contributed by atoms with Gasteiger partial charge in [0.15, 0.2) is 23.1 Å². The molecule has 0 saturated heterocycles. The van der Waals surface area contributed by atoms with E-state index in [1.165, 1.54) is 54.6 Å². The molecule has 5 aromatic rings. The number of carboxylic acids is 1. The average Bonchev–Trinajstić information content (AvgIpc) is 3.39. The number of unbranched alkanes of at least 4 members (excludes halogenated alkanes) is 3. The number of hydrogen-bond donors (Lipinski definition) is 3. The number of rotatable bonds is 26. The van der Waals surface area contributed by atoms with E-state index < -0.39 is 53.2 Å². The van der Waals surface area contributed by atoms with Crippen molar-refractivity contribution >= 4 is 35.8 Å². The van der Waals surface area contributed by atoms with Crippen molar-refractivity contribution in [2.24, 2.45) is 0 Å². The molecule has 0 fully saturated rings. The number of phenols is 2. The smallest absolute Gasteiger partial charge is 0.343 e. The van der Waals surface area contributed by atoms with Gasteiger partial charge in [-0.25, -0.2) is 37.5 Å². The maximum Gasteiger partial charge on any atom is 0.343 e. The summed E-state index contributed by atoms with van der Waals surface area (Å²) < 4.78 is 68.5. The van der Waals surface area contributed by atoms with E-state index in [2.05, 4.69) is 19.7 Å². The quantitative estimate of drug-likeness (QED) is 0.0117. The fourth-order valence-electron chi connectivity index (χ4n) is 5.39. The summed E-state index contributed by atoms with van der Waals surface area (Å²) in [5.41, 5.74) is 0.620. The SMILES string of the molecule is C=CC(=O)OCCCCOc1ccc(C(=O)O)cc1.C=CC(=O)OCCCCOc1ccc(C(=O)Oc2ccc(OC(=O)c3ccc(OCCCCOC(=O)C=C)cc3)c(F)c2)cc1.Oc1ccc(O)c(F)c1. The Bertz CT molecular complexity index is 2600. The number of phenolic OH excluding ortho intramolecular Hbond substituents is 2. The summed E-state index contributed by atoms with van der Waals surface area (Å²) >= 11 is 0. The molecule has 0 aromatic heterocycles. The lowest BCUT2D eigenvalue weighted by Gasteiger charge is -2.10. The predicted molar refractivity (Wildman–Crippen MR) is 260 cm³/mol. The zero-order valence-electron chi connectivity index (χ0n) is 39.5. The van der Waals surface area contributed by atoms with Crippen LogP contribution >= 0.6 is 0 Å². The number of hydrogen-bond acceptors (Lipinski definition) is 16. The standard InChI is InChI=1S/C34H33FO10.C14H16O5.C6H5FO2/c1-3-31(36)42-21-7-5-19-40-26-13-9-24(10-14-26)33(38)44-28-17-18-30(29(35)23-28)45-34(39)25-11-15-27(16-12-25)41-20-6-8-22-43-32(37)4-2;1-2-13(15)19-10-4-3-9-18-12-7-5-11(6-8-12)14(16)17;7-5-3-4(8)1-2-6(5)9/h3-4,9-18,23H,1-2,5-8,19-22H2;2,5-8H,1,3-4,9-10H2,(H,16,17);1-3,8-9H.